The number of amides is 1. The third kappa shape index (κ3) is 4.97. The van der Waals surface area contributed by atoms with Gasteiger partial charge in [-0.05, 0) is 30.4 Å². The van der Waals surface area contributed by atoms with E-state index in [1.54, 1.807) is 35.7 Å². The lowest BCUT2D eigenvalue weighted by Gasteiger charge is -2.19. The lowest BCUT2D eigenvalue weighted by Crippen LogP contribution is -2.23. The van der Waals surface area contributed by atoms with Crippen molar-refractivity contribution in [3.63, 3.8) is 0 Å². The number of alkyl halides is 3. The van der Waals surface area contributed by atoms with E-state index in [1.807, 2.05) is 0 Å². The van der Waals surface area contributed by atoms with E-state index in [2.05, 4.69) is 4.98 Å². The van der Waals surface area contributed by atoms with Crippen molar-refractivity contribution in [1.82, 2.24) is 4.98 Å². The van der Waals surface area contributed by atoms with E-state index in [-0.39, 0.29) is 16.6 Å². The lowest BCUT2D eigenvalue weighted by molar-refractivity contribution is -0.137. The van der Waals surface area contributed by atoms with Crippen LogP contribution in [0.25, 0.3) is 6.08 Å². The number of nitrogens with zero attached hydrogens (tertiary/aromatic N) is 2. The van der Waals surface area contributed by atoms with Crippen LogP contribution in [0.4, 0.5) is 24.0 Å². The fourth-order valence-corrected chi connectivity index (χ4v) is 3.42. The Hall–Kier alpha value is -3.26. The summed E-state index contributed by atoms with van der Waals surface area (Å²) in [7, 11) is 0. The highest BCUT2D eigenvalue weighted by Crippen LogP contribution is 2.35. The Bertz CT molecular complexity index is 1060. The second-order valence-corrected chi connectivity index (χ2v) is 6.86. The number of thiazole rings is 1. The molecule has 0 N–H and O–H groups in total. The standard InChI is InChI=1S/C21H15F3N2O2S/c1-14(27)26(18-9-5-8-16(12-18)21(22,23)24)20-25-17(13-29-20)10-11-19(28)15-6-3-2-4-7-15/h2-13H,1H3. The van der Waals surface area contributed by atoms with Crippen LogP contribution in [-0.4, -0.2) is 16.7 Å². The van der Waals surface area contributed by atoms with Crippen LogP contribution in [0.15, 0.2) is 66.1 Å². The summed E-state index contributed by atoms with van der Waals surface area (Å²) in [4.78, 5) is 29.6. The summed E-state index contributed by atoms with van der Waals surface area (Å²) in [6, 6.07) is 13.2. The van der Waals surface area contributed by atoms with Gasteiger partial charge in [-0.1, -0.05) is 36.4 Å². The maximum atomic E-state index is 13.0. The molecule has 0 atom stereocenters. The number of halogens is 3. The highest BCUT2D eigenvalue weighted by molar-refractivity contribution is 7.14. The van der Waals surface area contributed by atoms with Gasteiger partial charge in [0.05, 0.1) is 16.9 Å². The fourth-order valence-electron chi connectivity index (χ4n) is 2.56. The van der Waals surface area contributed by atoms with E-state index < -0.39 is 17.6 Å². The molecule has 0 aliphatic rings. The first kappa shape index (κ1) is 20.5. The molecule has 4 nitrogen and oxygen atoms in total. The number of carbonyl (C=O) groups excluding carboxylic acids is 2. The van der Waals surface area contributed by atoms with E-state index in [1.165, 1.54) is 31.2 Å². The molecule has 29 heavy (non-hydrogen) atoms. The molecule has 8 heteroatoms. The number of anilines is 2. The summed E-state index contributed by atoms with van der Waals surface area (Å²) in [5.74, 6) is -0.684. The van der Waals surface area contributed by atoms with Gasteiger partial charge in [0.2, 0.25) is 5.91 Å². The van der Waals surface area contributed by atoms with Crippen molar-refractivity contribution in [1.29, 1.82) is 0 Å². The summed E-state index contributed by atoms with van der Waals surface area (Å²) in [6.07, 6.45) is -1.66. The Morgan fingerprint density at radius 3 is 2.45 bits per heavy atom. The molecule has 0 fully saturated rings. The maximum Gasteiger partial charge on any atom is 0.416 e. The van der Waals surface area contributed by atoms with E-state index in [4.69, 9.17) is 0 Å². The normalized spacial score (nSPS) is 11.6. The molecule has 0 bridgehead atoms. The minimum Gasteiger partial charge on any atom is -0.289 e. The molecule has 1 aromatic heterocycles. The number of allylic oxidation sites excluding steroid dienone is 1. The Morgan fingerprint density at radius 1 is 1.07 bits per heavy atom. The zero-order valence-corrected chi connectivity index (χ0v) is 16.0. The average molecular weight is 416 g/mol. The Labute approximate surface area is 168 Å². The van der Waals surface area contributed by atoms with Gasteiger partial charge in [-0.15, -0.1) is 11.3 Å². The van der Waals surface area contributed by atoms with Crippen LogP contribution in [0.3, 0.4) is 0 Å². The molecular formula is C21H15F3N2O2S. The Balaban J connectivity index is 1.86. The second-order valence-electron chi connectivity index (χ2n) is 6.02. The summed E-state index contributed by atoms with van der Waals surface area (Å²) in [5, 5.41) is 1.83. The van der Waals surface area contributed by atoms with Crippen molar-refractivity contribution in [2.45, 2.75) is 13.1 Å². The molecule has 0 unspecified atom stereocenters. The summed E-state index contributed by atoms with van der Waals surface area (Å²) >= 11 is 1.09. The smallest absolute Gasteiger partial charge is 0.289 e. The highest BCUT2D eigenvalue weighted by Gasteiger charge is 2.31. The minimum absolute atomic E-state index is 0.0672. The van der Waals surface area contributed by atoms with E-state index in [0.29, 0.717) is 11.3 Å². The maximum absolute atomic E-state index is 13.0. The van der Waals surface area contributed by atoms with Gasteiger partial charge in [0.1, 0.15) is 0 Å². The van der Waals surface area contributed by atoms with Crippen molar-refractivity contribution in [2.75, 3.05) is 4.90 Å². The molecule has 148 valence electrons. The minimum atomic E-state index is -4.52. The summed E-state index contributed by atoms with van der Waals surface area (Å²) < 4.78 is 39.0. The van der Waals surface area contributed by atoms with Gasteiger partial charge in [-0.3, -0.25) is 14.5 Å². The number of carbonyl (C=O) groups is 2. The SMILES string of the molecule is CC(=O)N(c1cccc(C(F)(F)F)c1)c1nc(C=CC(=O)c2ccccc2)cs1. The molecular weight excluding hydrogens is 401 g/mol. The van der Waals surface area contributed by atoms with Gasteiger partial charge in [0.15, 0.2) is 10.9 Å². The molecule has 0 radical (unpaired) electrons. The molecule has 0 aliphatic heterocycles. The van der Waals surface area contributed by atoms with Crippen molar-refractivity contribution in [3.05, 3.63) is 82.9 Å². The van der Waals surface area contributed by atoms with Crippen molar-refractivity contribution in [2.24, 2.45) is 0 Å². The first-order valence-corrected chi connectivity index (χ1v) is 9.34. The van der Waals surface area contributed by atoms with Crippen LogP contribution in [0.2, 0.25) is 0 Å². The van der Waals surface area contributed by atoms with Crippen LogP contribution in [0, 0.1) is 0 Å². The number of rotatable bonds is 5. The van der Waals surface area contributed by atoms with Crippen LogP contribution >= 0.6 is 11.3 Å². The summed E-state index contributed by atoms with van der Waals surface area (Å²) in [5.41, 5.74) is 0.157. The largest absolute Gasteiger partial charge is 0.416 e. The van der Waals surface area contributed by atoms with Crippen LogP contribution in [-0.2, 0) is 11.0 Å². The number of aromatic nitrogens is 1. The third-order valence-corrected chi connectivity index (χ3v) is 4.76. The molecule has 1 amide bonds. The zero-order chi connectivity index (χ0) is 21.0. The zero-order valence-electron chi connectivity index (χ0n) is 15.2. The second kappa shape index (κ2) is 8.40. The molecule has 0 aliphatic carbocycles. The fraction of sp³-hybridized carbons (Fsp3) is 0.0952. The Kier molecular flexibility index (Phi) is 5.93. The van der Waals surface area contributed by atoms with Crippen LogP contribution in [0.5, 0.6) is 0 Å². The number of hydrogen-bond acceptors (Lipinski definition) is 4. The first-order chi connectivity index (χ1) is 13.8. The van der Waals surface area contributed by atoms with Gasteiger partial charge in [0.25, 0.3) is 0 Å². The van der Waals surface area contributed by atoms with E-state index in [0.717, 1.165) is 28.4 Å². The molecule has 0 spiro atoms. The molecule has 3 rings (SSSR count). The monoisotopic (exact) mass is 416 g/mol. The summed E-state index contributed by atoms with van der Waals surface area (Å²) in [6.45, 7) is 1.25. The van der Waals surface area contributed by atoms with Crippen molar-refractivity contribution < 1.29 is 22.8 Å². The van der Waals surface area contributed by atoms with Gasteiger partial charge in [-0.25, -0.2) is 4.98 Å². The number of hydrogen-bond donors (Lipinski definition) is 0. The molecule has 0 saturated carbocycles. The van der Waals surface area contributed by atoms with Crippen LogP contribution in [0.1, 0.15) is 28.5 Å². The molecule has 3 aromatic rings. The van der Waals surface area contributed by atoms with Gasteiger partial charge in [0, 0.05) is 17.9 Å². The molecule has 2 aromatic carbocycles. The number of ketones is 1. The Morgan fingerprint density at radius 2 is 1.79 bits per heavy atom. The topological polar surface area (TPSA) is 50.3 Å². The predicted octanol–water partition coefficient (Wildman–Crippen LogP) is 5.74. The van der Waals surface area contributed by atoms with Gasteiger partial charge in [-0.2, -0.15) is 13.2 Å². The quantitative estimate of drug-likeness (QED) is 0.394. The number of benzene rings is 2. The van der Waals surface area contributed by atoms with Crippen molar-refractivity contribution >= 4 is 39.9 Å². The van der Waals surface area contributed by atoms with E-state index >= 15 is 0 Å². The van der Waals surface area contributed by atoms with Gasteiger partial charge < -0.3 is 0 Å². The van der Waals surface area contributed by atoms with Gasteiger partial charge >= 0.3 is 6.18 Å². The van der Waals surface area contributed by atoms with E-state index in [9.17, 15) is 22.8 Å². The third-order valence-electron chi connectivity index (χ3n) is 3.91. The molecule has 1 heterocycles. The predicted molar refractivity (Wildman–Crippen MR) is 106 cm³/mol. The lowest BCUT2D eigenvalue weighted by atomic mass is 10.1. The average Bonchev–Trinajstić information content (AvgIpc) is 3.14. The highest BCUT2D eigenvalue weighted by atomic mass is 32.1. The first-order valence-electron chi connectivity index (χ1n) is 8.46. The van der Waals surface area contributed by atoms with Crippen molar-refractivity contribution in [3.8, 4) is 0 Å². The molecule has 0 saturated heterocycles. The van der Waals surface area contributed by atoms with Crippen LogP contribution < -0.4 is 4.90 Å².